The zero-order valence-corrected chi connectivity index (χ0v) is 12.4. The van der Waals surface area contributed by atoms with Crippen molar-refractivity contribution in [1.82, 2.24) is 4.90 Å². The van der Waals surface area contributed by atoms with Gasteiger partial charge in [0, 0.05) is 25.6 Å². The molecule has 1 rings (SSSR count). The molecule has 0 aliphatic rings. The summed E-state index contributed by atoms with van der Waals surface area (Å²) in [4.78, 5) is 13.2. The Bertz CT molecular complexity index is 482. The summed E-state index contributed by atoms with van der Waals surface area (Å²) < 4.78 is 42.2. The summed E-state index contributed by atoms with van der Waals surface area (Å²) in [6, 6.07) is 5.50. The number of carbonyl (C=O) groups is 1. The zero-order chi connectivity index (χ0) is 16.0. The Kier molecular flexibility index (Phi) is 6.50. The van der Waals surface area contributed by atoms with Gasteiger partial charge in [0.1, 0.15) is 0 Å². The number of hydrogen-bond donors (Lipinski definition) is 1. The van der Waals surface area contributed by atoms with Crippen molar-refractivity contribution in [2.24, 2.45) is 0 Å². The number of carbonyl (C=O) groups excluding carboxylic acids is 1. The minimum atomic E-state index is -4.47. The van der Waals surface area contributed by atoms with E-state index in [1.54, 1.807) is 0 Å². The second-order valence-electron chi connectivity index (χ2n) is 4.34. The number of hydrogen-bond acceptors (Lipinski definition) is 4. The number of amides is 1. The summed E-state index contributed by atoms with van der Waals surface area (Å²) in [5, 5.41) is 9.57. The standard InChI is InChI=1S/C13H16F3NO3S/c1-17(7-9(18)8-20-2)12(19)10-5-3-4-6-11(10)21-13(14,15)16/h3-6,9,18H,7-8H2,1-2H3. The minimum Gasteiger partial charge on any atom is -0.389 e. The Balaban J connectivity index is 2.87. The third kappa shape index (κ3) is 5.94. The Morgan fingerprint density at radius 2 is 2.05 bits per heavy atom. The lowest BCUT2D eigenvalue weighted by molar-refractivity contribution is -0.0328. The molecule has 0 heterocycles. The highest BCUT2D eigenvalue weighted by Gasteiger charge is 2.31. The predicted molar refractivity (Wildman–Crippen MR) is 73.2 cm³/mol. The van der Waals surface area contributed by atoms with E-state index in [2.05, 4.69) is 0 Å². The molecule has 118 valence electrons. The van der Waals surface area contributed by atoms with Gasteiger partial charge in [-0.25, -0.2) is 0 Å². The van der Waals surface area contributed by atoms with Crippen LogP contribution in [0.3, 0.4) is 0 Å². The number of halogens is 3. The first kappa shape index (κ1) is 17.8. The number of aliphatic hydroxyl groups is 1. The molecule has 0 aliphatic carbocycles. The maximum absolute atomic E-state index is 12.5. The first-order valence-corrected chi connectivity index (χ1v) is 6.83. The normalized spacial score (nSPS) is 13.0. The number of ether oxygens (including phenoxy) is 1. The highest BCUT2D eigenvalue weighted by atomic mass is 32.2. The van der Waals surface area contributed by atoms with Gasteiger partial charge in [0.25, 0.3) is 5.91 Å². The predicted octanol–water partition coefficient (Wildman–Crippen LogP) is 2.38. The lowest BCUT2D eigenvalue weighted by Crippen LogP contribution is -2.36. The molecule has 1 unspecified atom stereocenters. The van der Waals surface area contributed by atoms with Crippen molar-refractivity contribution in [3.8, 4) is 0 Å². The number of rotatable bonds is 6. The summed E-state index contributed by atoms with van der Waals surface area (Å²) >= 11 is -0.332. The quantitative estimate of drug-likeness (QED) is 0.817. The second-order valence-corrected chi connectivity index (χ2v) is 5.45. The zero-order valence-electron chi connectivity index (χ0n) is 11.6. The number of nitrogens with zero attached hydrogens (tertiary/aromatic N) is 1. The molecule has 0 spiro atoms. The van der Waals surface area contributed by atoms with Crippen LogP contribution in [0.25, 0.3) is 0 Å². The number of benzene rings is 1. The van der Waals surface area contributed by atoms with E-state index in [0.717, 1.165) is 0 Å². The van der Waals surface area contributed by atoms with Crippen molar-refractivity contribution in [3.05, 3.63) is 29.8 Å². The molecule has 21 heavy (non-hydrogen) atoms. The van der Waals surface area contributed by atoms with Gasteiger partial charge in [-0.3, -0.25) is 4.79 Å². The molecule has 0 fully saturated rings. The molecule has 0 saturated heterocycles. The second kappa shape index (κ2) is 7.67. The maximum atomic E-state index is 12.5. The smallest absolute Gasteiger partial charge is 0.389 e. The molecule has 0 radical (unpaired) electrons. The van der Waals surface area contributed by atoms with Crippen molar-refractivity contribution >= 4 is 17.7 Å². The number of likely N-dealkylation sites (N-methyl/N-ethyl adjacent to an activating group) is 1. The summed E-state index contributed by atoms with van der Waals surface area (Å²) in [5.74, 6) is -0.586. The van der Waals surface area contributed by atoms with Gasteiger partial charge in [0.2, 0.25) is 0 Å². The highest BCUT2D eigenvalue weighted by molar-refractivity contribution is 8.00. The summed E-state index contributed by atoms with van der Waals surface area (Å²) in [6.07, 6.45) is -0.897. The van der Waals surface area contributed by atoms with Crippen LogP contribution in [0.2, 0.25) is 0 Å². The van der Waals surface area contributed by atoms with E-state index >= 15 is 0 Å². The Labute approximate surface area is 124 Å². The number of aliphatic hydroxyl groups excluding tert-OH is 1. The average Bonchev–Trinajstić information content (AvgIpc) is 2.36. The monoisotopic (exact) mass is 323 g/mol. The first-order chi connectivity index (χ1) is 9.74. The summed E-state index contributed by atoms with van der Waals surface area (Å²) in [6.45, 7) is 0.00819. The van der Waals surface area contributed by atoms with Gasteiger partial charge in [0.05, 0.1) is 18.3 Å². The molecule has 1 N–H and O–H groups in total. The summed E-state index contributed by atoms with van der Waals surface area (Å²) in [7, 11) is 2.82. The molecule has 0 saturated carbocycles. The van der Waals surface area contributed by atoms with Crippen LogP contribution in [-0.4, -0.2) is 54.8 Å². The van der Waals surface area contributed by atoms with Crippen molar-refractivity contribution in [2.75, 3.05) is 27.3 Å². The van der Waals surface area contributed by atoms with Crippen molar-refractivity contribution in [2.45, 2.75) is 16.5 Å². The Hall–Kier alpha value is -1.25. The van der Waals surface area contributed by atoms with Crippen LogP contribution < -0.4 is 0 Å². The van der Waals surface area contributed by atoms with E-state index in [1.807, 2.05) is 0 Å². The molecule has 8 heteroatoms. The minimum absolute atomic E-state index is 0.0301. The van der Waals surface area contributed by atoms with Crippen LogP contribution in [0.4, 0.5) is 13.2 Å². The van der Waals surface area contributed by atoms with Crippen molar-refractivity contribution < 1.29 is 27.8 Å². The van der Waals surface area contributed by atoms with E-state index in [0.29, 0.717) is 0 Å². The van der Waals surface area contributed by atoms with E-state index < -0.39 is 17.5 Å². The lowest BCUT2D eigenvalue weighted by Gasteiger charge is -2.21. The number of thioether (sulfide) groups is 1. The van der Waals surface area contributed by atoms with E-state index in [4.69, 9.17) is 4.74 Å². The molecular formula is C13H16F3NO3S. The van der Waals surface area contributed by atoms with Crippen LogP contribution in [0.15, 0.2) is 29.2 Å². The number of alkyl halides is 3. The van der Waals surface area contributed by atoms with E-state index in [1.165, 1.54) is 43.3 Å². The maximum Gasteiger partial charge on any atom is 0.446 e. The molecule has 1 amide bonds. The fourth-order valence-electron chi connectivity index (χ4n) is 1.71. The third-order valence-electron chi connectivity index (χ3n) is 2.53. The Morgan fingerprint density at radius 3 is 2.62 bits per heavy atom. The van der Waals surface area contributed by atoms with Gasteiger partial charge in [-0.1, -0.05) is 12.1 Å². The van der Waals surface area contributed by atoms with Crippen LogP contribution in [0, 0.1) is 0 Å². The fourth-order valence-corrected chi connectivity index (χ4v) is 2.37. The molecule has 0 aromatic heterocycles. The van der Waals surface area contributed by atoms with Crippen molar-refractivity contribution in [3.63, 3.8) is 0 Å². The lowest BCUT2D eigenvalue weighted by atomic mass is 10.2. The third-order valence-corrected chi connectivity index (χ3v) is 3.34. The topological polar surface area (TPSA) is 49.8 Å². The molecule has 4 nitrogen and oxygen atoms in total. The van der Waals surface area contributed by atoms with E-state index in [-0.39, 0.29) is 35.4 Å². The highest BCUT2D eigenvalue weighted by Crippen LogP contribution is 2.38. The van der Waals surface area contributed by atoms with Crippen LogP contribution in [-0.2, 0) is 4.74 Å². The molecular weight excluding hydrogens is 307 g/mol. The molecule has 1 aromatic carbocycles. The molecule has 0 bridgehead atoms. The van der Waals surface area contributed by atoms with Crippen LogP contribution in [0.5, 0.6) is 0 Å². The van der Waals surface area contributed by atoms with Gasteiger partial charge in [-0.05, 0) is 23.9 Å². The van der Waals surface area contributed by atoms with Crippen molar-refractivity contribution in [1.29, 1.82) is 0 Å². The SMILES string of the molecule is COCC(O)CN(C)C(=O)c1ccccc1SC(F)(F)F. The van der Waals surface area contributed by atoms with Crippen LogP contribution in [0.1, 0.15) is 10.4 Å². The van der Waals surface area contributed by atoms with Gasteiger partial charge in [0.15, 0.2) is 0 Å². The molecule has 1 atom stereocenters. The largest absolute Gasteiger partial charge is 0.446 e. The van der Waals surface area contributed by atoms with Crippen LogP contribution >= 0.6 is 11.8 Å². The molecule has 0 aliphatic heterocycles. The molecule has 1 aromatic rings. The van der Waals surface area contributed by atoms with E-state index in [9.17, 15) is 23.1 Å². The number of methoxy groups -OCH3 is 1. The Morgan fingerprint density at radius 1 is 1.43 bits per heavy atom. The van der Waals surface area contributed by atoms with Gasteiger partial charge >= 0.3 is 5.51 Å². The first-order valence-electron chi connectivity index (χ1n) is 6.02. The fraction of sp³-hybridized carbons (Fsp3) is 0.462. The van der Waals surface area contributed by atoms with Gasteiger partial charge < -0.3 is 14.7 Å². The summed E-state index contributed by atoms with van der Waals surface area (Å²) in [5.41, 5.74) is -4.52. The van der Waals surface area contributed by atoms with Gasteiger partial charge in [-0.15, -0.1) is 0 Å². The average molecular weight is 323 g/mol. The van der Waals surface area contributed by atoms with Gasteiger partial charge in [-0.2, -0.15) is 13.2 Å².